The zero-order valence-corrected chi connectivity index (χ0v) is 15.6. The number of fused-ring (bicyclic) bond motifs is 4. The van der Waals surface area contributed by atoms with Crippen LogP contribution in [0.4, 0.5) is 0 Å². The fourth-order valence-electron chi connectivity index (χ4n) is 3.97. The molecule has 0 saturated carbocycles. The molecule has 0 aliphatic heterocycles. The van der Waals surface area contributed by atoms with Crippen LogP contribution in [0.25, 0.3) is 43.1 Å². The van der Waals surface area contributed by atoms with Gasteiger partial charge in [-0.15, -0.1) is 0 Å². The average Bonchev–Trinajstić information content (AvgIpc) is 2.78. The topological polar surface area (TPSA) is 95.2 Å². The molecule has 5 rings (SSSR count). The second kappa shape index (κ2) is 6.32. The summed E-state index contributed by atoms with van der Waals surface area (Å²) in [6.45, 7) is 0. The van der Waals surface area contributed by atoms with E-state index in [2.05, 4.69) is 36.4 Å². The smallest absolute Gasteiger partial charge is 0.101 e. The molecule has 0 aromatic heterocycles. The van der Waals surface area contributed by atoms with Gasteiger partial charge in [-0.05, 0) is 104 Å². The van der Waals surface area contributed by atoms with Crippen molar-refractivity contribution in [3.63, 3.8) is 0 Å². The van der Waals surface area contributed by atoms with Gasteiger partial charge in [-0.3, -0.25) is 0 Å². The Labute approximate surface area is 171 Å². The van der Waals surface area contributed by atoms with Crippen molar-refractivity contribution in [2.24, 2.45) is 0 Å². The lowest BCUT2D eigenvalue weighted by Gasteiger charge is -2.08. The Morgan fingerprint density at radius 1 is 0.300 bits per heavy atom. The Bertz CT molecular complexity index is 1480. The molecule has 0 aliphatic rings. The van der Waals surface area contributed by atoms with E-state index in [-0.39, 0.29) is 0 Å². The van der Waals surface area contributed by atoms with E-state index in [0.717, 1.165) is 43.1 Å². The van der Waals surface area contributed by atoms with Gasteiger partial charge in [-0.2, -0.15) is 21.0 Å². The molecule has 0 amide bonds. The molecule has 5 aromatic rings. The van der Waals surface area contributed by atoms with Crippen molar-refractivity contribution in [1.29, 1.82) is 21.0 Å². The monoisotopic (exact) mass is 378 g/mol. The van der Waals surface area contributed by atoms with Gasteiger partial charge in [0.1, 0.15) is 24.3 Å². The molecule has 30 heavy (non-hydrogen) atoms. The van der Waals surface area contributed by atoms with Crippen LogP contribution in [0.5, 0.6) is 0 Å². The summed E-state index contributed by atoms with van der Waals surface area (Å²) < 4.78 is 0. The zero-order valence-electron chi connectivity index (χ0n) is 15.6. The molecule has 0 bridgehead atoms. The molecule has 4 heteroatoms. The van der Waals surface area contributed by atoms with Gasteiger partial charge in [-0.25, -0.2) is 0 Å². The molecule has 0 unspecified atom stereocenters. The van der Waals surface area contributed by atoms with Crippen molar-refractivity contribution in [1.82, 2.24) is 0 Å². The Balaban J connectivity index is 1.83. The van der Waals surface area contributed by atoms with Crippen LogP contribution in [0.3, 0.4) is 0 Å². The first-order chi connectivity index (χ1) is 14.6. The fourth-order valence-corrected chi connectivity index (χ4v) is 3.97. The third-order valence-corrected chi connectivity index (χ3v) is 5.46. The molecule has 0 saturated heterocycles. The number of rotatable bonds is 0. The SMILES string of the molecule is N#Cc1cc2cc3cc4cc5cc(C#N)c(C#N)cc5cc4cc3cc2cc1C#N. The number of nitriles is 4. The molecule has 134 valence electrons. The Hall–Kier alpha value is -4.90. The van der Waals surface area contributed by atoms with Crippen molar-refractivity contribution in [2.45, 2.75) is 0 Å². The van der Waals surface area contributed by atoms with Crippen LogP contribution in [0.2, 0.25) is 0 Å². The molecule has 0 N–H and O–H groups in total. The summed E-state index contributed by atoms with van der Waals surface area (Å²) in [6, 6.07) is 27.6. The summed E-state index contributed by atoms with van der Waals surface area (Å²) in [5, 5.41) is 44.9. The minimum Gasteiger partial charge on any atom is -0.192 e. The van der Waals surface area contributed by atoms with E-state index < -0.39 is 0 Å². The van der Waals surface area contributed by atoms with Crippen molar-refractivity contribution >= 4 is 43.1 Å². The summed E-state index contributed by atoms with van der Waals surface area (Å²) in [4.78, 5) is 0. The summed E-state index contributed by atoms with van der Waals surface area (Å²) in [7, 11) is 0. The minimum absolute atomic E-state index is 0.369. The van der Waals surface area contributed by atoms with E-state index >= 15 is 0 Å². The lowest BCUT2D eigenvalue weighted by atomic mass is 9.94. The van der Waals surface area contributed by atoms with Crippen LogP contribution in [-0.2, 0) is 0 Å². The van der Waals surface area contributed by atoms with Gasteiger partial charge in [0.05, 0.1) is 22.3 Å². The number of nitrogens with zero attached hydrogens (tertiary/aromatic N) is 4. The van der Waals surface area contributed by atoms with Gasteiger partial charge in [0.2, 0.25) is 0 Å². The normalized spacial score (nSPS) is 10.5. The van der Waals surface area contributed by atoms with Crippen molar-refractivity contribution < 1.29 is 0 Å². The summed E-state index contributed by atoms with van der Waals surface area (Å²) in [5.41, 5.74) is 1.48. The quantitative estimate of drug-likeness (QED) is 0.319. The number of hydrogen-bond acceptors (Lipinski definition) is 4. The first kappa shape index (κ1) is 17.2. The maximum Gasteiger partial charge on any atom is 0.101 e. The molecule has 4 nitrogen and oxygen atoms in total. The minimum atomic E-state index is 0.369. The summed E-state index contributed by atoms with van der Waals surface area (Å²) >= 11 is 0. The van der Waals surface area contributed by atoms with Crippen molar-refractivity contribution in [3.05, 3.63) is 82.9 Å². The van der Waals surface area contributed by atoms with Crippen LogP contribution in [0.15, 0.2) is 60.7 Å². The Morgan fingerprint density at radius 2 is 0.467 bits per heavy atom. The predicted octanol–water partition coefficient (Wildman–Crippen LogP) is 5.79. The first-order valence-electron chi connectivity index (χ1n) is 9.17. The largest absolute Gasteiger partial charge is 0.192 e. The third kappa shape index (κ3) is 2.51. The lowest BCUT2D eigenvalue weighted by molar-refractivity contribution is 1.45. The molecule has 0 atom stereocenters. The summed E-state index contributed by atoms with van der Waals surface area (Å²) in [6.07, 6.45) is 0. The molecular formula is C26H10N4. The van der Waals surface area contributed by atoms with E-state index in [9.17, 15) is 21.0 Å². The van der Waals surface area contributed by atoms with Gasteiger partial charge in [0.15, 0.2) is 0 Å². The van der Waals surface area contributed by atoms with Gasteiger partial charge in [-0.1, -0.05) is 0 Å². The molecule has 0 radical (unpaired) electrons. The van der Waals surface area contributed by atoms with Gasteiger partial charge in [0.25, 0.3) is 0 Å². The number of benzene rings is 5. The third-order valence-electron chi connectivity index (χ3n) is 5.46. The van der Waals surface area contributed by atoms with Crippen LogP contribution < -0.4 is 0 Å². The Kier molecular flexibility index (Phi) is 3.63. The highest BCUT2D eigenvalue weighted by molar-refractivity contribution is 6.08. The van der Waals surface area contributed by atoms with E-state index in [0.29, 0.717) is 22.3 Å². The van der Waals surface area contributed by atoms with Crippen molar-refractivity contribution in [2.75, 3.05) is 0 Å². The van der Waals surface area contributed by atoms with Gasteiger partial charge >= 0.3 is 0 Å². The molecule has 0 fully saturated rings. The molecule has 0 heterocycles. The maximum absolute atomic E-state index is 9.30. The van der Waals surface area contributed by atoms with Crippen LogP contribution in [0, 0.1) is 45.3 Å². The first-order valence-corrected chi connectivity index (χ1v) is 9.17. The van der Waals surface area contributed by atoms with Gasteiger partial charge < -0.3 is 0 Å². The van der Waals surface area contributed by atoms with Crippen LogP contribution in [-0.4, -0.2) is 0 Å². The molecule has 0 spiro atoms. The number of hydrogen-bond donors (Lipinski definition) is 0. The van der Waals surface area contributed by atoms with Crippen molar-refractivity contribution in [3.8, 4) is 24.3 Å². The standard InChI is InChI=1S/C26H10N4/c27-11-23-7-19-3-15-1-16-4-20-8-24(12-28)26(14-30)10-22(20)6-18(16)2-17(15)5-21(19)9-25(23)13-29/h1-10H. The van der Waals surface area contributed by atoms with E-state index in [1.165, 1.54) is 0 Å². The summed E-state index contributed by atoms with van der Waals surface area (Å²) in [5.74, 6) is 0. The molecular weight excluding hydrogens is 368 g/mol. The van der Waals surface area contributed by atoms with E-state index in [1.807, 2.05) is 24.3 Å². The highest BCUT2D eigenvalue weighted by Gasteiger charge is 2.09. The molecule has 0 aliphatic carbocycles. The van der Waals surface area contributed by atoms with E-state index in [1.54, 1.807) is 24.3 Å². The molecule has 5 aromatic carbocycles. The average molecular weight is 378 g/mol. The zero-order chi connectivity index (χ0) is 20.8. The van der Waals surface area contributed by atoms with Crippen LogP contribution in [0.1, 0.15) is 22.3 Å². The Morgan fingerprint density at radius 3 is 0.633 bits per heavy atom. The van der Waals surface area contributed by atoms with Gasteiger partial charge in [0, 0.05) is 0 Å². The highest BCUT2D eigenvalue weighted by atomic mass is 14.3. The maximum atomic E-state index is 9.30. The second-order valence-corrected chi connectivity index (χ2v) is 7.19. The van der Waals surface area contributed by atoms with E-state index in [4.69, 9.17) is 0 Å². The predicted molar refractivity (Wildman–Crippen MR) is 115 cm³/mol. The fraction of sp³-hybridized carbons (Fsp3) is 0. The highest BCUT2D eigenvalue weighted by Crippen LogP contribution is 2.32. The lowest BCUT2D eigenvalue weighted by Crippen LogP contribution is -1.87. The van der Waals surface area contributed by atoms with Crippen LogP contribution >= 0.6 is 0 Å². The second-order valence-electron chi connectivity index (χ2n) is 7.19.